The van der Waals surface area contributed by atoms with E-state index in [9.17, 15) is 19.6 Å². The first kappa shape index (κ1) is 22.8. The summed E-state index contributed by atoms with van der Waals surface area (Å²) in [5, 5.41) is 19.3. The predicted octanol–water partition coefficient (Wildman–Crippen LogP) is 2.49. The van der Waals surface area contributed by atoms with E-state index in [0.29, 0.717) is 16.4 Å². The molecule has 0 aliphatic carbocycles. The van der Waals surface area contributed by atoms with Gasteiger partial charge in [0.25, 0.3) is 5.91 Å². The van der Waals surface area contributed by atoms with Crippen LogP contribution in [0.4, 0.5) is 4.79 Å². The molecule has 9 nitrogen and oxygen atoms in total. The number of likely N-dealkylation sites (N-methyl/N-ethyl adjacent to an activating group) is 1. The highest BCUT2D eigenvalue weighted by molar-refractivity contribution is 6.06. The van der Waals surface area contributed by atoms with E-state index in [-0.39, 0.29) is 19.6 Å². The topological polar surface area (TPSA) is 114 Å². The zero-order valence-corrected chi connectivity index (χ0v) is 18.1. The number of ether oxygens (including phenoxy) is 1. The summed E-state index contributed by atoms with van der Waals surface area (Å²) in [6, 6.07) is 14.9. The van der Waals surface area contributed by atoms with Gasteiger partial charge in [0.15, 0.2) is 0 Å². The number of nitriles is 1. The van der Waals surface area contributed by atoms with Crippen LogP contribution in [0, 0.1) is 11.3 Å². The van der Waals surface area contributed by atoms with Crippen molar-refractivity contribution in [2.24, 2.45) is 0 Å². The number of benzene rings is 2. The Bertz CT molecular complexity index is 1040. The van der Waals surface area contributed by atoms with Crippen molar-refractivity contribution in [1.82, 2.24) is 14.9 Å². The number of carbonyl (C=O) groups is 3. The molecule has 9 heteroatoms. The number of nitrogens with zero attached hydrogens (tertiary/aromatic N) is 4. The van der Waals surface area contributed by atoms with Gasteiger partial charge in [0.1, 0.15) is 23.9 Å². The van der Waals surface area contributed by atoms with Gasteiger partial charge in [-0.1, -0.05) is 24.3 Å². The van der Waals surface area contributed by atoms with Gasteiger partial charge in [-0.15, -0.1) is 0 Å². The molecule has 0 spiro atoms. The first-order chi connectivity index (χ1) is 15.2. The Kier molecular flexibility index (Phi) is 6.46. The van der Waals surface area contributed by atoms with Crippen molar-refractivity contribution >= 4 is 18.3 Å². The van der Waals surface area contributed by atoms with Crippen LogP contribution < -0.4 is 4.74 Å². The molecular formula is C23H24N4O5. The zero-order valence-electron chi connectivity index (χ0n) is 18.1. The van der Waals surface area contributed by atoms with Gasteiger partial charge in [-0.3, -0.25) is 19.7 Å². The predicted molar refractivity (Wildman–Crippen MR) is 115 cm³/mol. The molecule has 32 heavy (non-hydrogen) atoms. The van der Waals surface area contributed by atoms with Crippen molar-refractivity contribution in [3.8, 4) is 22.9 Å². The summed E-state index contributed by atoms with van der Waals surface area (Å²) in [6.07, 6.45) is 0.210. The van der Waals surface area contributed by atoms with E-state index in [1.807, 2.05) is 24.3 Å². The van der Waals surface area contributed by atoms with Crippen molar-refractivity contribution in [1.29, 1.82) is 5.26 Å². The maximum absolute atomic E-state index is 12.6. The molecule has 1 fully saturated rings. The van der Waals surface area contributed by atoms with Crippen LogP contribution in [-0.2, 0) is 9.59 Å². The summed E-state index contributed by atoms with van der Waals surface area (Å²) < 4.78 is 5.71. The van der Waals surface area contributed by atoms with Gasteiger partial charge in [0.05, 0.1) is 18.2 Å². The monoisotopic (exact) mass is 436 g/mol. The van der Waals surface area contributed by atoms with Gasteiger partial charge >= 0.3 is 6.03 Å². The van der Waals surface area contributed by atoms with Gasteiger partial charge in [-0.2, -0.15) is 5.26 Å². The van der Waals surface area contributed by atoms with Crippen molar-refractivity contribution in [2.45, 2.75) is 25.4 Å². The second-order valence-corrected chi connectivity index (χ2v) is 7.98. The van der Waals surface area contributed by atoms with E-state index in [0.717, 1.165) is 16.0 Å². The highest BCUT2D eigenvalue weighted by atomic mass is 16.5. The third-order valence-electron chi connectivity index (χ3n) is 5.64. The summed E-state index contributed by atoms with van der Waals surface area (Å²) in [7, 11) is 1.53. The molecule has 3 rings (SSSR count). The maximum Gasteiger partial charge on any atom is 0.327 e. The lowest BCUT2D eigenvalue weighted by Gasteiger charge is -2.26. The van der Waals surface area contributed by atoms with Gasteiger partial charge in [-0.05, 0) is 49.2 Å². The van der Waals surface area contributed by atoms with Crippen molar-refractivity contribution in [3.05, 3.63) is 54.1 Å². The number of urea groups is 1. The molecular weight excluding hydrogens is 412 g/mol. The number of amides is 4. The Hall–Kier alpha value is -3.90. The van der Waals surface area contributed by atoms with Crippen LogP contribution in [0.2, 0.25) is 0 Å². The zero-order chi connectivity index (χ0) is 23.5. The minimum atomic E-state index is -1.01. The normalized spacial score (nSPS) is 16.0. The fraction of sp³-hybridized carbons (Fsp3) is 0.304. The van der Waals surface area contributed by atoms with Gasteiger partial charge in [0.2, 0.25) is 6.41 Å². The van der Waals surface area contributed by atoms with Crippen LogP contribution >= 0.6 is 0 Å². The Morgan fingerprint density at radius 1 is 1.12 bits per heavy atom. The molecule has 0 bridgehead atoms. The van der Waals surface area contributed by atoms with Crippen LogP contribution in [-0.4, -0.2) is 70.2 Å². The van der Waals surface area contributed by atoms with Crippen LogP contribution in [0.5, 0.6) is 5.75 Å². The lowest BCUT2D eigenvalue weighted by molar-refractivity contribution is -0.165. The number of hydrogen-bond acceptors (Lipinski definition) is 6. The molecule has 0 radical (unpaired) electrons. The standard InChI is InChI=1S/C23H24N4O5/c1-23(2)21(29)26(22(30)25(23)3)13-19(27(31)15-28)14-32-20-10-8-18(9-11-20)17-6-4-16(12-24)5-7-17/h4-11,15,19,31H,13-14H2,1-3H3. The number of hydroxylamine groups is 2. The molecule has 2 aromatic carbocycles. The molecule has 1 aliphatic heterocycles. The van der Waals surface area contributed by atoms with Crippen LogP contribution in [0.3, 0.4) is 0 Å². The largest absolute Gasteiger partial charge is 0.491 e. The Morgan fingerprint density at radius 2 is 1.69 bits per heavy atom. The molecule has 1 heterocycles. The summed E-state index contributed by atoms with van der Waals surface area (Å²) in [4.78, 5) is 38.5. The Labute approximate surface area is 186 Å². The van der Waals surface area contributed by atoms with Crippen molar-refractivity contribution in [2.75, 3.05) is 20.2 Å². The molecule has 4 amide bonds. The van der Waals surface area contributed by atoms with Crippen LogP contribution in [0.15, 0.2) is 48.5 Å². The van der Waals surface area contributed by atoms with Gasteiger partial charge in [0, 0.05) is 7.05 Å². The Morgan fingerprint density at radius 3 is 2.16 bits per heavy atom. The average Bonchev–Trinajstić information content (AvgIpc) is 2.96. The summed E-state index contributed by atoms with van der Waals surface area (Å²) in [5.41, 5.74) is 1.43. The lowest BCUT2D eigenvalue weighted by atomic mass is 10.0. The highest BCUT2D eigenvalue weighted by Crippen LogP contribution is 2.27. The first-order valence-electron chi connectivity index (χ1n) is 9.94. The van der Waals surface area contributed by atoms with E-state index in [1.54, 1.807) is 38.1 Å². The summed E-state index contributed by atoms with van der Waals surface area (Å²) >= 11 is 0. The summed E-state index contributed by atoms with van der Waals surface area (Å²) in [5.74, 6) is 0.0734. The van der Waals surface area contributed by atoms with Crippen molar-refractivity contribution < 1.29 is 24.3 Å². The minimum absolute atomic E-state index is 0.132. The Balaban J connectivity index is 1.68. The molecule has 1 saturated heterocycles. The molecule has 166 valence electrons. The molecule has 0 aromatic heterocycles. The second kappa shape index (κ2) is 9.08. The minimum Gasteiger partial charge on any atom is -0.491 e. The molecule has 1 N–H and O–H groups in total. The number of imide groups is 1. The first-order valence-corrected chi connectivity index (χ1v) is 9.94. The van der Waals surface area contributed by atoms with E-state index >= 15 is 0 Å². The maximum atomic E-state index is 12.6. The average molecular weight is 436 g/mol. The highest BCUT2D eigenvalue weighted by Gasteiger charge is 2.50. The number of carbonyl (C=O) groups excluding carboxylic acids is 3. The quantitative estimate of drug-likeness (QED) is 0.294. The molecule has 1 aliphatic rings. The molecule has 2 aromatic rings. The van der Waals surface area contributed by atoms with Crippen molar-refractivity contribution in [3.63, 3.8) is 0 Å². The van der Waals surface area contributed by atoms with Gasteiger partial charge in [-0.25, -0.2) is 9.86 Å². The number of hydrogen-bond donors (Lipinski definition) is 1. The molecule has 0 saturated carbocycles. The van der Waals surface area contributed by atoms with E-state index in [2.05, 4.69) is 6.07 Å². The summed E-state index contributed by atoms with van der Waals surface area (Å²) in [6.45, 7) is 2.92. The van der Waals surface area contributed by atoms with E-state index in [4.69, 9.17) is 10.00 Å². The molecule has 1 atom stereocenters. The van der Waals surface area contributed by atoms with Crippen LogP contribution in [0.1, 0.15) is 19.4 Å². The number of rotatable bonds is 8. The fourth-order valence-electron chi connectivity index (χ4n) is 3.32. The van der Waals surface area contributed by atoms with E-state index < -0.39 is 23.5 Å². The molecule has 1 unspecified atom stereocenters. The lowest BCUT2D eigenvalue weighted by Crippen LogP contribution is -2.48. The third-order valence-corrected chi connectivity index (χ3v) is 5.64. The SMILES string of the molecule is CN1C(=O)N(CC(COc2ccc(-c3ccc(C#N)cc3)cc2)N(O)C=O)C(=O)C1(C)C. The van der Waals surface area contributed by atoms with E-state index in [1.165, 1.54) is 11.9 Å². The third kappa shape index (κ3) is 4.40. The second-order valence-electron chi connectivity index (χ2n) is 7.98. The smallest absolute Gasteiger partial charge is 0.327 e. The van der Waals surface area contributed by atoms with Gasteiger partial charge < -0.3 is 9.64 Å². The van der Waals surface area contributed by atoms with Crippen LogP contribution in [0.25, 0.3) is 11.1 Å². The fourth-order valence-corrected chi connectivity index (χ4v) is 3.32.